The summed E-state index contributed by atoms with van der Waals surface area (Å²) in [5.74, 6) is -0.365. The Balaban J connectivity index is 1.32. The van der Waals surface area contributed by atoms with Gasteiger partial charge in [-0.3, -0.25) is 14.4 Å². The van der Waals surface area contributed by atoms with Gasteiger partial charge in [-0.2, -0.15) is 0 Å². The summed E-state index contributed by atoms with van der Waals surface area (Å²) in [5, 5.41) is 13.8. The van der Waals surface area contributed by atoms with Crippen LogP contribution in [-0.2, 0) is 11.3 Å². The van der Waals surface area contributed by atoms with Crippen LogP contribution in [0.15, 0.2) is 48.5 Å². The average Bonchev–Trinajstić information content (AvgIpc) is 3.39. The van der Waals surface area contributed by atoms with Gasteiger partial charge in [0.15, 0.2) is 0 Å². The van der Waals surface area contributed by atoms with Crippen LogP contribution in [0.25, 0.3) is 0 Å². The van der Waals surface area contributed by atoms with Gasteiger partial charge in [0.2, 0.25) is 15.9 Å². The zero-order chi connectivity index (χ0) is 24.8. The molecule has 1 aliphatic heterocycles. The van der Waals surface area contributed by atoms with Crippen molar-refractivity contribution in [3.63, 3.8) is 0 Å². The van der Waals surface area contributed by atoms with Crippen LogP contribution in [0.3, 0.4) is 0 Å². The second-order valence-corrected chi connectivity index (χ2v) is 9.37. The number of carbonyl (C=O) groups excluding carboxylic acids is 3. The average molecular weight is 494 g/mol. The molecule has 9 nitrogen and oxygen atoms in total. The number of rotatable bonds is 7. The lowest BCUT2D eigenvalue weighted by Crippen LogP contribution is -2.45. The first-order chi connectivity index (χ1) is 16.9. The van der Waals surface area contributed by atoms with Crippen molar-refractivity contribution in [3.05, 3.63) is 69.7 Å². The summed E-state index contributed by atoms with van der Waals surface area (Å²) in [7, 11) is 1.61. The predicted molar refractivity (Wildman–Crippen MR) is 133 cm³/mol. The van der Waals surface area contributed by atoms with E-state index in [9.17, 15) is 14.4 Å². The molecule has 1 aromatic heterocycles. The summed E-state index contributed by atoms with van der Waals surface area (Å²) in [6.07, 6.45) is 1.42. The molecule has 182 valence electrons. The summed E-state index contributed by atoms with van der Waals surface area (Å²) >= 11 is 0.949. The van der Waals surface area contributed by atoms with Gasteiger partial charge in [-0.1, -0.05) is 41.2 Å². The van der Waals surface area contributed by atoms with Gasteiger partial charge in [0.25, 0.3) is 11.8 Å². The summed E-state index contributed by atoms with van der Waals surface area (Å²) in [6, 6.07) is 14.9. The maximum Gasteiger partial charge on any atom is 0.286 e. The van der Waals surface area contributed by atoms with Crippen LogP contribution < -0.4 is 15.4 Å². The third-order valence-corrected chi connectivity index (χ3v) is 6.73. The van der Waals surface area contributed by atoms with E-state index in [4.69, 9.17) is 4.74 Å². The number of methoxy groups -OCH3 is 1. The first-order valence-corrected chi connectivity index (χ1v) is 12.2. The van der Waals surface area contributed by atoms with E-state index in [-0.39, 0.29) is 27.7 Å². The summed E-state index contributed by atoms with van der Waals surface area (Å²) in [6.45, 7) is 3.20. The Morgan fingerprint density at radius 3 is 2.49 bits per heavy atom. The largest absolute Gasteiger partial charge is 0.497 e. The van der Waals surface area contributed by atoms with Gasteiger partial charge < -0.3 is 20.3 Å². The number of hydrogen-bond donors (Lipinski definition) is 2. The molecule has 1 fully saturated rings. The number of nitrogens with one attached hydrogen (secondary N) is 2. The second-order valence-electron chi connectivity index (χ2n) is 8.39. The van der Waals surface area contributed by atoms with Gasteiger partial charge in [-0.05, 0) is 49.6 Å². The monoisotopic (exact) mass is 493 g/mol. The van der Waals surface area contributed by atoms with Crippen LogP contribution in [0.4, 0.5) is 5.69 Å². The molecule has 4 rings (SSSR count). The quantitative estimate of drug-likeness (QED) is 0.522. The minimum Gasteiger partial charge on any atom is -0.497 e. The molecular formula is C25H27N5O4S. The number of nitrogens with zero attached hydrogens (tertiary/aromatic N) is 3. The molecule has 35 heavy (non-hydrogen) atoms. The fourth-order valence-electron chi connectivity index (χ4n) is 3.81. The highest BCUT2D eigenvalue weighted by molar-refractivity contribution is 7.15. The van der Waals surface area contributed by atoms with E-state index in [2.05, 4.69) is 20.8 Å². The zero-order valence-electron chi connectivity index (χ0n) is 19.6. The van der Waals surface area contributed by atoms with Crippen molar-refractivity contribution < 1.29 is 19.1 Å². The standard InChI is InChI=1S/C25H27N5O4S/c1-16-5-9-19(10-6-16)27-22(32)23-28-29-24(35-23)25(33)30-13-3-4-18(15-30)21(31)26-14-17-7-11-20(34-2)12-8-17/h5-12,18H,3-4,13-15H2,1-2H3,(H,26,31)(H,27,32). The van der Waals surface area contributed by atoms with Crippen molar-refractivity contribution in [2.45, 2.75) is 26.3 Å². The van der Waals surface area contributed by atoms with Gasteiger partial charge in [-0.25, -0.2) is 0 Å². The van der Waals surface area contributed by atoms with E-state index in [1.54, 1.807) is 24.1 Å². The lowest BCUT2D eigenvalue weighted by Gasteiger charge is -2.31. The van der Waals surface area contributed by atoms with Gasteiger partial charge in [0.05, 0.1) is 13.0 Å². The number of aryl methyl sites for hydroxylation is 1. The van der Waals surface area contributed by atoms with Crippen molar-refractivity contribution in [1.82, 2.24) is 20.4 Å². The highest BCUT2D eigenvalue weighted by Crippen LogP contribution is 2.21. The lowest BCUT2D eigenvalue weighted by molar-refractivity contribution is -0.126. The Kier molecular flexibility index (Phi) is 7.71. The van der Waals surface area contributed by atoms with E-state index >= 15 is 0 Å². The molecule has 3 amide bonds. The lowest BCUT2D eigenvalue weighted by atomic mass is 9.97. The molecule has 0 radical (unpaired) electrons. The van der Waals surface area contributed by atoms with E-state index in [0.717, 1.165) is 28.2 Å². The minimum atomic E-state index is -0.417. The molecule has 0 saturated carbocycles. The van der Waals surface area contributed by atoms with Crippen LogP contribution in [0.2, 0.25) is 0 Å². The van der Waals surface area contributed by atoms with Gasteiger partial charge in [0, 0.05) is 25.3 Å². The van der Waals surface area contributed by atoms with Crippen molar-refractivity contribution in [2.75, 3.05) is 25.5 Å². The second kappa shape index (κ2) is 11.1. The molecule has 1 atom stereocenters. The Labute approximate surface area is 207 Å². The van der Waals surface area contributed by atoms with Gasteiger partial charge in [-0.15, -0.1) is 10.2 Å². The van der Waals surface area contributed by atoms with E-state index < -0.39 is 5.91 Å². The molecule has 0 bridgehead atoms. The molecule has 0 aliphatic carbocycles. The molecular weight excluding hydrogens is 466 g/mol. The Bertz CT molecular complexity index is 1190. The van der Waals surface area contributed by atoms with Crippen LogP contribution in [0.1, 0.15) is 43.6 Å². The Morgan fingerprint density at radius 1 is 1.06 bits per heavy atom. The Hall–Kier alpha value is -3.79. The fraction of sp³-hybridized carbons (Fsp3) is 0.320. The number of hydrogen-bond acceptors (Lipinski definition) is 7. The number of carbonyl (C=O) groups is 3. The normalized spacial score (nSPS) is 15.4. The summed E-state index contributed by atoms with van der Waals surface area (Å²) in [5.41, 5.74) is 2.69. The van der Waals surface area contributed by atoms with Crippen LogP contribution in [0.5, 0.6) is 5.75 Å². The Morgan fingerprint density at radius 2 is 1.77 bits per heavy atom. The number of amides is 3. The number of piperidine rings is 1. The zero-order valence-corrected chi connectivity index (χ0v) is 20.4. The van der Waals surface area contributed by atoms with Crippen molar-refractivity contribution in [3.8, 4) is 5.75 Å². The van der Waals surface area contributed by atoms with E-state index in [1.807, 2.05) is 43.3 Å². The van der Waals surface area contributed by atoms with E-state index in [1.165, 1.54) is 0 Å². The van der Waals surface area contributed by atoms with Crippen LogP contribution in [-0.4, -0.2) is 53.0 Å². The molecule has 1 saturated heterocycles. The van der Waals surface area contributed by atoms with Crippen LogP contribution in [0, 0.1) is 12.8 Å². The molecule has 0 spiro atoms. The molecule has 3 aromatic rings. The molecule has 1 aliphatic rings. The number of likely N-dealkylation sites (tertiary alicyclic amines) is 1. The van der Waals surface area contributed by atoms with Crippen molar-refractivity contribution in [2.24, 2.45) is 5.92 Å². The number of anilines is 1. The maximum absolute atomic E-state index is 13.0. The minimum absolute atomic E-state index is 0.0891. The first-order valence-electron chi connectivity index (χ1n) is 11.3. The first kappa shape index (κ1) is 24.3. The third kappa shape index (κ3) is 6.21. The summed E-state index contributed by atoms with van der Waals surface area (Å²) in [4.78, 5) is 39.8. The molecule has 2 aromatic carbocycles. The highest BCUT2D eigenvalue weighted by atomic mass is 32.1. The summed E-state index contributed by atoms with van der Waals surface area (Å²) < 4.78 is 5.15. The highest BCUT2D eigenvalue weighted by Gasteiger charge is 2.30. The SMILES string of the molecule is COc1ccc(CNC(=O)C2CCCN(C(=O)c3nnc(C(=O)Nc4ccc(C)cc4)s3)C2)cc1. The molecule has 2 N–H and O–H groups in total. The van der Waals surface area contributed by atoms with Crippen molar-refractivity contribution in [1.29, 1.82) is 0 Å². The predicted octanol–water partition coefficient (Wildman–Crippen LogP) is 3.28. The number of ether oxygens (including phenoxy) is 1. The van der Waals surface area contributed by atoms with Crippen molar-refractivity contribution >= 4 is 34.7 Å². The molecule has 10 heteroatoms. The number of aromatic nitrogens is 2. The number of benzene rings is 2. The molecule has 2 heterocycles. The van der Waals surface area contributed by atoms with Gasteiger partial charge in [0.1, 0.15) is 5.75 Å². The van der Waals surface area contributed by atoms with Crippen LogP contribution >= 0.6 is 11.3 Å². The maximum atomic E-state index is 13.0. The van der Waals surface area contributed by atoms with Gasteiger partial charge >= 0.3 is 0 Å². The third-order valence-electron chi connectivity index (χ3n) is 5.82. The fourth-order valence-corrected chi connectivity index (χ4v) is 4.52. The van der Waals surface area contributed by atoms with E-state index in [0.29, 0.717) is 38.2 Å². The smallest absolute Gasteiger partial charge is 0.286 e. The molecule has 1 unspecified atom stereocenters. The topological polar surface area (TPSA) is 114 Å².